The molecule has 1 saturated heterocycles. The molecule has 2 unspecified atom stereocenters. The average molecular weight is 144 g/mol. The van der Waals surface area contributed by atoms with Crippen LogP contribution in [0.1, 0.15) is 12.8 Å². The molecule has 1 rings (SSSR count). The molecule has 0 radical (unpaired) electrons. The van der Waals surface area contributed by atoms with Crippen LogP contribution in [0.2, 0.25) is 0 Å². The van der Waals surface area contributed by atoms with E-state index in [2.05, 4.69) is 5.18 Å². The molecule has 0 saturated carbocycles. The molecule has 0 bridgehead atoms. The maximum absolute atomic E-state index is 10.1. The molecule has 58 valence electrons. The first-order valence-corrected chi connectivity index (χ1v) is 3.51. The van der Waals surface area contributed by atoms with Crippen LogP contribution in [0.5, 0.6) is 0 Å². The summed E-state index contributed by atoms with van der Waals surface area (Å²) >= 11 is 0. The van der Waals surface area contributed by atoms with Crippen LogP contribution in [0.3, 0.4) is 0 Å². The second kappa shape index (κ2) is 3.63. The van der Waals surface area contributed by atoms with E-state index in [4.69, 9.17) is 10.5 Å². The zero-order chi connectivity index (χ0) is 7.40. The van der Waals surface area contributed by atoms with Crippen LogP contribution < -0.4 is 5.73 Å². The minimum atomic E-state index is -0.0673. The molecule has 0 amide bonds. The fourth-order valence-electron chi connectivity index (χ4n) is 1.12. The van der Waals surface area contributed by atoms with Gasteiger partial charge in [0.2, 0.25) is 0 Å². The number of nitrogens with two attached hydrogens (primary N) is 1. The van der Waals surface area contributed by atoms with Gasteiger partial charge in [0, 0.05) is 19.6 Å². The van der Waals surface area contributed by atoms with Crippen LogP contribution in [0.25, 0.3) is 0 Å². The molecule has 2 atom stereocenters. The third kappa shape index (κ3) is 1.75. The van der Waals surface area contributed by atoms with Crippen LogP contribution in [0.4, 0.5) is 0 Å². The molecule has 1 aliphatic rings. The lowest BCUT2D eigenvalue weighted by molar-refractivity contribution is 0.0141. The smallest absolute Gasteiger partial charge is 0.0966 e. The van der Waals surface area contributed by atoms with Crippen molar-refractivity contribution in [2.24, 2.45) is 10.9 Å². The Morgan fingerprint density at radius 3 is 3.10 bits per heavy atom. The van der Waals surface area contributed by atoms with E-state index in [0.717, 1.165) is 6.42 Å². The Morgan fingerprint density at radius 1 is 1.70 bits per heavy atom. The maximum atomic E-state index is 10.1. The van der Waals surface area contributed by atoms with Gasteiger partial charge in [0.1, 0.15) is 0 Å². The van der Waals surface area contributed by atoms with E-state index in [1.807, 2.05) is 0 Å². The Kier molecular flexibility index (Phi) is 2.77. The first kappa shape index (κ1) is 7.63. The van der Waals surface area contributed by atoms with Gasteiger partial charge >= 0.3 is 0 Å². The Labute approximate surface area is 59.7 Å². The summed E-state index contributed by atoms with van der Waals surface area (Å²) in [7, 11) is 0. The van der Waals surface area contributed by atoms with E-state index in [9.17, 15) is 4.91 Å². The van der Waals surface area contributed by atoms with Gasteiger partial charge in [-0.1, -0.05) is 5.18 Å². The lowest BCUT2D eigenvalue weighted by atomic mass is 10.0. The summed E-state index contributed by atoms with van der Waals surface area (Å²) < 4.78 is 5.24. The zero-order valence-corrected chi connectivity index (χ0v) is 5.82. The Morgan fingerprint density at radius 2 is 2.50 bits per heavy atom. The third-order valence-corrected chi connectivity index (χ3v) is 1.75. The van der Waals surface area contributed by atoms with Crippen molar-refractivity contribution in [1.29, 1.82) is 0 Å². The summed E-state index contributed by atoms with van der Waals surface area (Å²) in [5.74, 6) is 0. The Bertz CT molecular complexity index is 118. The van der Waals surface area contributed by atoms with E-state index >= 15 is 0 Å². The second-order valence-electron chi connectivity index (χ2n) is 2.51. The van der Waals surface area contributed by atoms with Crippen LogP contribution in [-0.2, 0) is 4.74 Å². The van der Waals surface area contributed by atoms with Gasteiger partial charge in [-0.15, -0.1) is 0 Å². The van der Waals surface area contributed by atoms with Crippen LogP contribution in [0.15, 0.2) is 5.18 Å². The molecule has 4 heteroatoms. The van der Waals surface area contributed by atoms with Gasteiger partial charge in [-0.05, 0) is 6.42 Å². The van der Waals surface area contributed by atoms with E-state index in [1.54, 1.807) is 0 Å². The molecule has 10 heavy (non-hydrogen) atoms. The summed E-state index contributed by atoms with van der Waals surface area (Å²) in [6.07, 6.45) is 1.50. The predicted octanol–water partition coefficient (Wildman–Crippen LogP) is 0.259. The number of nitroso groups, excluding NO2 is 1. The fourth-order valence-corrected chi connectivity index (χ4v) is 1.12. The number of ether oxygens (including phenoxy) is 1. The van der Waals surface area contributed by atoms with Crippen molar-refractivity contribution in [3.8, 4) is 0 Å². The maximum Gasteiger partial charge on any atom is 0.0966 e. The van der Waals surface area contributed by atoms with E-state index < -0.39 is 0 Å². The highest BCUT2D eigenvalue weighted by molar-refractivity contribution is 4.76. The molecule has 4 nitrogen and oxygen atoms in total. The molecular formula is C6H12N2O2. The van der Waals surface area contributed by atoms with Gasteiger partial charge in [0.05, 0.1) is 12.1 Å². The quantitative estimate of drug-likeness (QED) is 0.565. The monoisotopic (exact) mass is 144 g/mol. The van der Waals surface area contributed by atoms with E-state index in [-0.39, 0.29) is 12.1 Å². The fraction of sp³-hybridized carbons (Fsp3) is 1.00. The molecule has 0 aromatic rings. The number of nitrogens with zero attached hydrogens (tertiary/aromatic N) is 1. The summed E-state index contributed by atoms with van der Waals surface area (Å²) in [6, 6.07) is -0.0673. The van der Waals surface area contributed by atoms with Crippen molar-refractivity contribution >= 4 is 0 Å². The lowest BCUT2D eigenvalue weighted by Crippen LogP contribution is -2.33. The van der Waals surface area contributed by atoms with Crippen molar-refractivity contribution in [3.05, 3.63) is 4.91 Å². The number of hydrogen-bond donors (Lipinski definition) is 1. The number of hydrogen-bond acceptors (Lipinski definition) is 4. The summed E-state index contributed by atoms with van der Waals surface area (Å²) in [6.45, 7) is 1.12. The predicted molar refractivity (Wildman–Crippen MR) is 37.6 cm³/mol. The average Bonchev–Trinajstić information content (AvgIpc) is 2.05. The van der Waals surface area contributed by atoms with Crippen molar-refractivity contribution in [2.45, 2.75) is 25.0 Å². The molecule has 0 aliphatic carbocycles. The van der Waals surface area contributed by atoms with E-state index in [0.29, 0.717) is 19.6 Å². The zero-order valence-electron chi connectivity index (χ0n) is 5.82. The molecule has 1 fully saturated rings. The molecule has 0 aromatic carbocycles. The highest BCUT2D eigenvalue weighted by Gasteiger charge is 2.21. The van der Waals surface area contributed by atoms with Gasteiger partial charge in [-0.25, -0.2) is 0 Å². The summed E-state index contributed by atoms with van der Waals surface area (Å²) in [4.78, 5) is 10.1. The number of rotatable bonds is 2. The molecule has 1 heterocycles. The molecule has 0 spiro atoms. The molecular weight excluding hydrogens is 132 g/mol. The van der Waals surface area contributed by atoms with Crippen LogP contribution >= 0.6 is 0 Å². The second-order valence-corrected chi connectivity index (χ2v) is 2.51. The lowest BCUT2D eigenvalue weighted by Gasteiger charge is -2.23. The van der Waals surface area contributed by atoms with Crippen molar-refractivity contribution in [3.63, 3.8) is 0 Å². The first-order chi connectivity index (χ1) is 4.86. The SMILES string of the molecule is NCC1CC(N=O)CCO1. The van der Waals surface area contributed by atoms with Crippen molar-refractivity contribution < 1.29 is 4.74 Å². The van der Waals surface area contributed by atoms with Gasteiger partial charge < -0.3 is 10.5 Å². The standard InChI is InChI=1S/C6H12N2O2/c7-4-6-3-5(8-9)1-2-10-6/h5-6H,1-4,7H2. The van der Waals surface area contributed by atoms with Crippen molar-refractivity contribution in [1.82, 2.24) is 0 Å². The third-order valence-electron chi connectivity index (χ3n) is 1.75. The minimum Gasteiger partial charge on any atom is -0.377 e. The van der Waals surface area contributed by atoms with Gasteiger partial charge in [-0.3, -0.25) is 0 Å². The normalized spacial score (nSPS) is 33.7. The topological polar surface area (TPSA) is 64.7 Å². The molecule has 1 aliphatic heterocycles. The summed E-state index contributed by atoms with van der Waals surface area (Å²) in [5.41, 5.74) is 5.35. The largest absolute Gasteiger partial charge is 0.377 e. The Hall–Kier alpha value is -0.480. The van der Waals surface area contributed by atoms with Crippen molar-refractivity contribution in [2.75, 3.05) is 13.2 Å². The van der Waals surface area contributed by atoms with Gasteiger partial charge in [-0.2, -0.15) is 4.91 Å². The molecule has 0 aromatic heterocycles. The van der Waals surface area contributed by atoms with Gasteiger partial charge in [0.25, 0.3) is 0 Å². The molecule has 2 N–H and O–H groups in total. The van der Waals surface area contributed by atoms with E-state index in [1.165, 1.54) is 0 Å². The minimum absolute atomic E-state index is 0.0523. The Balaban J connectivity index is 2.31. The first-order valence-electron chi connectivity index (χ1n) is 3.51. The summed E-state index contributed by atoms with van der Waals surface area (Å²) in [5, 5.41) is 2.96. The highest BCUT2D eigenvalue weighted by atomic mass is 16.5. The highest BCUT2D eigenvalue weighted by Crippen LogP contribution is 2.15. The van der Waals surface area contributed by atoms with Crippen LogP contribution in [0, 0.1) is 4.91 Å². The van der Waals surface area contributed by atoms with Crippen LogP contribution in [-0.4, -0.2) is 25.3 Å². The van der Waals surface area contributed by atoms with Gasteiger partial charge in [0.15, 0.2) is 0 Å².